The van der Waals surface area contributed by atoms with Gasteiger partial charge < -0.3 is 4.74 Å². The largest absolute Gasteiger partial charge is 0.347 e. The maximum atomic E-state index is 13.5. The van der Waals surface area contributed by atoms with Gasteiger partial charge in [0.1, 0.15) is 0 Å². The Labute approximate surface area is 153 Å². The average Bonchev–Trinajstić information content (AvgIpc) is 3.35. The summed E-state index contributed by atoms with van der Waals surface area (Å²) in [5.74, 6) is 1.55. The van der Waals surface area contributed by atoms with Crippen LogP contribution >= 0.6 is 0 Å². The molecule has 6 rings (SSSR count). The number of aryl methyl sites for hydroxylation is 1. The molecule has 0 radical (unpaired) electrons. The molecular formula is C23H21NO2. The first-order valence-electron chi connectivity index (χ1n) is 9.53. The van der Waals surface area contributed by atoms with E-state index in [4.69, 9.17) is 4.74 Å². The number of rotatable bonds is 1. The molecule has 0 aromatic heterocycles. The van der Waals surface area contributed by atoms with Gasteiger partial charge in [0, 0.05) is 28.7 Å². The molecule has 1 saturated carbocycles. The Hall–Kier alpha value is -2.39. The van der Waals surface area contributed by atoms with Crippen molar-refractivity contribution in [2.24, 2.45) is 17.8 Å². The van der Waals surface area contributed by atoms with Crippen molar-refractivity contribution in [2.45, 2.75) is 25.1 Å². The Morgan fingerprint density at radius 1 is 1.04 bits per heavy atom. The fourth-order valence-electron chi connectivity index (χ4n) is 5.74. The van der Waals surface area contributed by atoms with E-state index in [9.17, 15) is 4.79 Å². The first-order valence-corrected chi connectivity index (χ1v) is 9.53. The van der Waals surface area contributed by atoms with Crippen LogP contribution in [0.1, 0.15) is 33.5 Å². The van der Waals surface area contributed by atoms with Gasteiger partial charge in [-0.05, 0) is 31.2 Å². The molecule has 26 heavy (non-hydrogen) atoms. The van der Waals surface area contributed by atoms with Crippen LogP contribution in [0.15, 0.2) is 60.7 Å². The number of carbonyl (C=O) groups is 1. The molecule has 2 aliphatic heterocycles. The van der Waals surface area contributed by atoms with Gasteiger partial charge in [-0.3, -0.25) is 9.69 Å². The maximum Gasteiger partial charge on any atom is 0.257 e. The molecule has 2 heterocycles. The lowest BCUT2D eigenvalue weighted by atomic mass is 9.83. The van der Waals surface area contributed by atoms with Gasteiger partial charge in [-0.1, -0.05) is 60.2 Å². The van der Waals surface area contributed by atoms with E-state index >= 15 is 0 Å². The zero-order valence-corrected chi connectivity index (χ0v) is 14.8. The maximum absolute atomic E-state index is 13.5. The van der Waals surface area contributed by atoms with Gasteiger partial charge in [0.25, 0.3) is 5.91 Å². The molecular weight excluding hydrogens is 322 g/mol. The topological polar surface area (TPSA) is 29.5 Å². The van der Waals surface area contributed by atoms with Gasteiger partial charge in [0.2, 0.25) is 0 Å². The van der Waals surface area contributed by atoms with E-state index in [2.05, 4.69) is 54.3 Å². The first kappa shape index (κ1) is 14.7. The highest BCUT2D eigenvalue weighted by molar-refractivity contribution is 6.01. The Balaban J connectivity index is 1.61. The summed E-state index contributed by atoms with van der Waals surface area (Å²) in [5, 5.41) is 0. The Kier molecular flexibility index (Phi) is 2.76. The van der Waals surface area contributed by atoms with Crippen molar-refractivity contribution in [2.75, 3.05) is 6.61 Å². The summed E-state index contributed by atoms with van der Waals surface area (Å²) in [7, 11) is 0. The molecule has 2 bridgehead atoms. The van der Waals surface area contributed by atoms with Crippen LogP contribution in [-0.2, 0) is 10.5 Å². The minimum atomic E-state index is -0.777. The second-order valence-corrected chi connectivity index (χ2v) is 8.14. The number of allylic oxidation sites excluding steroid dienone is 1. The van der Waals surface area contributed by atoms with Crippen molar-refractivity contribution in [3.8, 4) is 0 Å². The fraction of sp³-hybridized carbons (Fsp3) is 0.348. The summed E-state index contributed by atoms with van der Waals surface area (Å²) < 4.78 is 6.65. The average molecular weight is 343 g/mol. The molecule has 3 nitrogen and oxygen atoms in total. The number of hydrogen-bond acceptors (Lipinski definition) is 2. The molecule has 0 spiro atoms. The molecule has 2 aromatic rings. The fourth-order valence-corrected chi connectivity index (χ4v) is 5.74. The Morgan fingerprint density at radius 3 is 2.65 bits per heavy atom. The van der Waals surface area contributed by atoms with Crippen LogP contribution in [-0.4, -0.2) is 23.5 Å². The molecule has 4 aliphatic rings. The summed E-state index contributed by atoms with van der Waals surface area (Å²) in [6.45, 7) is 2.80. The molecule has 2 fully saturated rings. The second kappa shape index (κ2) is 4.86. The highest BCUT2D eigenvalue weighted by Crippen LogP contribution is 2.57. The van der Waals surface area contributed by atoms with Gasteiger partial charge in [0.15, 0.2) is 5.72 Å². The minimum Gasteiger partial charge on any atom is -0.347 e. The lowest BCUT2D eigenvalue weighted by Crippen LogP contribution is -2.60. The molecule has 2 aromatic carbocycles. The summed E-state index contributed by atoms with van der Waals surface area (Å²) in [6, 6.07) is 16.7. The third kappa shape index (κ3) is 1.61. The summed E-state index contributed by atoms with van der Waals surface area (Å²) in [4.78, 5) is 15.6. The van der Waals surface area contributed by atoms with Gasteiger partial charge >= 0.3 is 0 Å². The molecule has 1 amide bonds. The van der Waals surface area contributed by atoms with E-state index < -0.39 is 5.72 Å². The van der Waals surface area contributed by atoms with Gasteiger partial charge in [-0.15, -0.1) is 0 Å². The van der Waals surface area contributed by atoms with Crippen molar-refractivity contribution in [1.82, 2.24) is 4.90 Å². The van der Waals surface area contributed by atoms with Crippen LogP contribution in [0, 0.1) is 24.7 Å². The number of amides is 1. The number of nitrogens with zero attached hydrogens (tertiary/aromatic N) is 1. The Morgan fingerprint density at radius 2 is 1.81 bits per heavy atom. The molecule has 130 valence electrons. The smallest absolute Gasteiger partial charge is 0.257 e. The predicted molar refractivity (Wildman–Crippen MR) is 98.5 cm³/mol. The van der Waals surface area contributed by atoms with Crippen molar-refractivity contribution in [1.29, 1.82) is 0 Å². The second-order valence-electron chi connectivity index (χ2n) is 8.14. The molecule has 5 atom stereocenters. The summed E-state index contributed by atoms with van der Waals surface area (Å²) in [6.07, 6.45) is 5.82. The summed E-state index contributed by atoms with van der Waals surface area (Å²) >= 11 is 0. The quantitative estimate of drug-likeness (QED) is 0.736. The highest BCUT2D eigenvalue weighted by atomic mass is 16.5. The van der Waals surface area contributed by atoms with Crippen LogP contribution < -0.4 is 0 Å². The molecule has 0 N–H and O–H groups in total. The van der Waals surface area contributed by atoms with Gasteiger partial charge in [0.05, 0.1) is 6.61 Å². The van der Waals surface area contributed by atoms with Crippen LogP contribution in [0.25, 0.3) is 0 Å². The normalized spacial score (nSPS) is 36.2. The SMILES string of the molecule is Cc1ccc([C@@]23OC[C@@H]4[C@@H]([C@@H]5C=C[C@H]4C5)N2C(=O)c2ccccc23)cc1. The van der Waals surface area contributed by atoms with E-state index in [0.29, 0.717) is 24.4 Å². The van der Waals surface area contributed by atoms with Crippen LogP contribution in [0.4, 0.5) is 0 Å². The van der Waals surface area contributed by atoms with E-state index in [1.54, 1.807) is 0 Å². The van der Waals surface area contributed by atoms with Crippen LogP contribution in [0.5, 0.6) is 0 Å². The third-order valence-corrected chi connectivity index (χ3v) is 6.88. The highest BCUT2D eigenvalue weighted by Gasteiger charge is 2.63. The zero-order chi connectivity index (χ0) is 17.5. The van der Waals surface area contributed by atoms with Crippen molar-refractivity contribution in [3.63, 3.8) is 0 Å². The van der Waals surface area contributed by atoms with Crippen molar-refractivity contribution in [3.05, 3.63) is 82.9 Å². The number of benzene rings is 2. The molecule has 1 saturated heterocycles. The van der Waals surface area contributed by atoms with E-state index in [-0.39, 0.29) is 11.9 Å². The molecule has 0 unspecified atom stereocenters. The van der Waals surface area contributed by atoms with Crippen LogP contribution in [0.3, 0.4) is 0 Å². The van der Waals surface area contributed by atoms with Crippen LogP contribution in [0.2, 0.25) is 0 Å². The zero-order valence-electron chi connectivity index (χ0n) is 14.8. The number of hydrogen-bond donors (Lipinski definition) is 0. The first-order chi connectivity index (χ1) is 12.7. The number of carbonyl (C=O) groups excluding carboxylic acids is 1. The van der Waals surface area contributed by atoms with Crippen molar-refractivity contribution < 1.29 is 9.53 Å². The lowest BCUT2D eigenvalue weighted by Gasteiger charge is -2.51. The van der Waals surface area contributed by atoms with E-state index in [1.807, 2.05) is 18.2 Å². The third-order valence-electron chi connectivity index (χ3n) is 6.88. The van der Waals surface area contributed by atoms with Gasteiger partial charge in [-0.25, -0.2) is 0 Å². The minimum absolute atomic E-state index is 0.122. The lowest BCUT2D eigenvalue weighted by molar-refractivity contribution is -0.184. The number of fused-ring (bicyclic) bond motifs is 9. The molecule has 2 aliphatic carbocycles. The molecule has 3 heteroatoms. The standard InChI is InChI=1S/C23H21NO2/c1-14-6-10-17(11-7-14)23-20-5-3-2-4-18(20)22(25)24(23)21-16-9-8-15(12-16)19(21)13-26-23/h2-11,15-16,19,21H,12-13H2,1H3/t15-,16+,19-,21+,23-/m0/s1. The van der Waals surface area contributed by atoms with Gasteiger partial charge in [-0.2, -0.15) is 0 Å². The Bertz CT molecular complexity index is 947. The predicted octanol–water partition coefficient (Wildman–Crippen LogP) is 3.87. The van der Waals surface area contributed by atoms with Crippen molar-refractivity contribution >= 4 is 5.91 Å². The monoisotopic (exact) mass is 343 g/mol. The summed E-state index contributed by atoms with van der Waals surface area (Å²) in [5.41, 5.74) is 3.29. The van der Waals surface area contributed by atoms with E-state index in [1.165, 1.54) is 5.56 Å². The van der Waals surface area contributed by atoms with E-state index in [0.717, 1.165) is 23.1 Å². The number of ether oxygens (including phenoxy) is 1.